The summed E-state index contributed by atoms with van der Waals surface area (Å²) in [5, 5.41) is 8.53. The molecule has 2 N–H and O–H groups in total. The van der Waals surface area contributed by atoms with Crippen molar-refractivity contribution in [1.82, 2.24) is 20.0 Å². The van der Waals surface area contributed by atoms with Crippen LogP contribution in [0.1, 0.15) is 44.3 Å². The second-order valence-electron chi connectivity index (χ2n) is 7.11. The number of nitrogens with zero attached hydrogens (tertiary/aromatic N) is 2. The van der Waals surface area contributed by atoms with Crippen LogP contribution in [0.4, 0.5) is 4.79 Å². The van der Waals surface area contributed by atoms with E-state index in [1.165, 1.54) is 11.4 Å². The highest BCUT2D eigenvalue weighted by Gasteiger charge is 2.39. The van der Waals surface area contributed by atoms with Crippen LogP contribution in [-0.2, 0) is 11.3 Å². The van der Waals surface area contributed by atoms with Crippen molar-refractivity contribution >= 4 is 22.4 Å². The third-order valence-electron chi connectivity index (χ3n) is 3.85. The van der Waals surface area contributed by atoms with E-state index in [0.717, 1.165) is 23.6 Å². The number of aryl methyl sites for hydroxylation is 2. The molecule has 0 bridgehead atoms. The SMILES string of the molecule is Cc1nc2scc(C)n2c1CNC1CC1NC(=O)OC(C)(C)C. The van der Waals surface area contributed by atoms with Crippen molar-refractivity contribution < 1.29 is 9.53 Å². The van der Waals surface area contributed by atoms with Crippen molar-refractivity contribution in [2.45, 2.75) is 65.3 Å². The summed E-state index contributed by atoms with van der Waals surface area (Å²) < 4.78 is 7.48. The number of thiazole rings is 1. The van der Waals surface area contributed by atoms with Crippen LogP contribution in [0.3, 0.4) is 0 Å². The van der Waals surface area contributed by atoms with Gasteiger partial charge < -0.3 is 15.4 Å². The number of amides is 1. The highest BCUT2D eigenvalue weighted by atomic mass is 32.1. The minimum Gasteiger partial charge on any atom is -0.444 e. The summed E-state index contributed by atoms with van der Waals surface area (Å²) >= 11 is 1.66. The first-order valence-electron chi connectivity index (χ1n) is 7.89. The lowest BCUT2D eigenvalue weighted by Gasteiger charge is -2.19. The van der Waals surface area contributed by atoms with Gasteiger partial charge in [-0.2, -0.15) is 0 Å². The Morgan fingerprint density at radius 2 is 2.17 bits per heavy atom. The van der Waals surface area contributed by atoms with Gasteiger partial charge in [-0.25, -0.2) is 9.78 Å². The van der Waals surface area contributed by atoms with E-state index in [-0.39, 0.29) is 12.1 Å². The molecule has 2 atom stereocenters. The normalized spacial score (nSPS) is 20.7. The van der Waals surface area contributed by atoms with Crippen LogP contribution in [0.5, 0.6) is 0 Å². The van der Waals surface area contributed by atoms with E-state index in [1.807, 2.05) is 27.7 Å². The van der Waals surface area contributed by atoms with E-state index in [1.54, 1.807) is 11.3 Å². The number of hydrogen-bond donors (Lipinski definition) is 2. The number of carbonyl (C=O) groups excluding carboxylic acids is 1. The third kappa shape index (κ3) is 3.67. The quantitative estimate of drug-likeness (QED) is 0.901. The molecule has 0 saturated heterocycles. The zero-order valence-electron chi connectivity index (χ0n) is 14.3. The fraction of sp³-hybridized carbons (Fsp3) is 0.625. The first kappa shape index (κ1) is 16.3. The average molecular weight is 336 g/mol. The van der Waals surface area contributed by atoms with Crippen molar-refractivity contribution in [2.24, 2.45) is 0 Å². The molecule has 0 radical (unpaired) electrons. The van der Waals surface area contributed by atoms with Gasteiger partial charge in [0.2, 0.25) is 0 Å². The van der Waals surface area contributed by atoms with Gasteiger partial charge in [-0.3, -0.25) is 4.40 Å². The molecular formula is C16H24N4O2S. The number of imidazole rings is 1. The Bertz CT molecular complexity index is 728. The number of carbonyl (C=O) groups is 1. The fourth-order valence-corrected chi connectivity index (χ4v) is 3.57. The van der Waals surface area contributed by atoms with Gasteiger partial charge in [-0.15, -0.1) is 11.3 Å². The second kappa shape index (κ2) is 5.79. The van der Waals surface area contributed by atoms with Crippen molar-refractivity contribution in [3.05, 3.63) is 22.5 Å². The predicted octanol–water partition coefficient (Wildman–Crippen LogP) is 2.77. The van der Waals surface area contributed by atoms with Crippen LogP contribution >= 0.6 is 11.3 Å². The van der Waals surface area contributed by atoms with Crippen molar-refractivity contribution in [3.8, 4) is 0 Å². The molecule has 2 aromatic heterocycles. The largest absolute Gasteiger partial charge is 0.444 e. The summed E-state index contributed by atoms with van der Waals surface area (Å²) in [7, 11) is 0. The van der Waals surface area contributed by atoms with Crippen molar-refractivity contribution in [2.75, 3.05) is 0 Å². The maximum Gasteiger partial charge on any atom is 0.407 e. The van der Waals surface area contributed by atoms with Gasteiger partial charge in [-0.05, 0) is 41.0 Å². The zero-order valence-corrected chi connectivity index (χ0v) is 15.1. The highest BCUT2D eigenvalue weighted by molar-refractivity contribution is 7.15. The molecule has 23 heavy (non-hydrogen) atoms. The molecule has 6 nitrogen and oxygen atoms in total. The molecule has 3 rings (SSSR count). The topological polar surface area (TPSA) is 67.7 Å². The molecule has 1 aliphatic rings. The minimum atomic E-state index is -0.460. The molecule has 0 spiro atoms. The van der Waals surface area contributed by atoms with Crippen LogP contribution in [0.25, 0.3) is 4.96 Å². The molecular weight excluding hydrogens is 312 g/mol. The lowest BCUT2D eigenvalue weighted by atomic mass is 10.2. The van der Waals surface area contributed by atoms with Gasteiger partial charge in [0.15, 0.2) is 4.96 Å². The van der Waals surface area contributed by atoms with Gasteiger partial charge in [0.05, 0.1) is 11.4 Å². The maximum absolute atomic E-state index is 11.8. The van der Waals surface area contributed by atoms with Crippen LogP contribution in [0, 0.1) is 13.8 Å². The van der Waals surface area contributed by atoms with Gasteiger partial charge in [-0.1, -0.05) is 0 Å². The third-order valence-corrected chi connectivity index (χ3v) is 4.80. The molecule has 0 aromatic carbocycles. The Morgan fingerprint density at radius 3 is 2.87 bits per heavy atom. The summed E-state index contributed by atoms with van der Waals surface area (Å²) in [5.74, 6) is 0. The van der Waals surface area contributed by atoms with Gasteiger partial charge in [0.1, 0.15) is 5.60 Å². The Balaban J connectivity index is 1.53. The number of fused-ring (bicyclic) bond motifs is 1. The van der Waals surface area contributed by atoms with Crippen molar-refractivity contribution in [3.63, 3.8) is 0 Å². The number of aromatic nitrogens is 2. The van der Waals surface area contributed by atoms with Gasteiger partial charge in [0, 0.05) is 29.7 Å². The predicted molar refractivity (Wildman–Crippen MR) is 90.9 cm³/mol. The monoisotopic (exact) mass is 336 g/mol. The smallest absolute Gasteiger partial charge is 0.407 e. The molecule has 1 fully saturated rings. The summed E-state index contributed by atoms with van der Waals surface area (Å²) in [4.78, 5) is 17.4. The summed E-state index contributed by atoms with van der Waals surface area (Å²) in [6.45, 7) is 10.5. The molecule has 1 saturated carbocycles. The summed E-state index contributed by atoms with van der Waals surface area (Å²) in [5.41, 5.74) is 3.01. The van der Waals surface area contributed by atoms with Crippen LogP contribution < -0.4 is 10.6 Å². The highest BCUT2D eigenvalue weighted by Crippen LogP contribution is 2.24. The van der Waals surface area contributed by atoms with Crippen LogP contribution in [-0.4, -0.2) is 33.2 Å². The van der Waals surface area contributed by atoms with E-state index >= 15 is 0 Å². The Morgan fingerprint density at radius 1 is 1.43 bits per heavy atom. The number of alkyl carbamates (subject to hydrolysis) is 1. The number of nitrogens with one attached hydrogen (secondary N) is 2. The Kier molecular flexibility index (Phi) is 4.10. The van der Waals surface area contributed by atoms with Crippen LogP contribution in [0.2, 0.25) is 0 Å². The molecule has 2 aromatic rings. The molecule has 2 unspecified atom stereocenters. The molecule has 1 amide bonds. The molecule has 1 aliphatic carbocycles. The van der Waals surface area contributed by atoms with E-state index in [0.29, 0.717) is 6.04 Å². The summed E-state index contributed by atoms with van der Waals surface area (Å²) in [6, 6.07) is 0.448. The minimum absolute atomic E-state index is 0.150. The molecule has 0 aliphatic heterocycles. The molecule has 7 heteroatoms. The number of rotatable bonds is 4. The van der Waals surface area contributed by atoms with E-state index in [9.17, 15) is 4.79 Å². The maximum atomic E-state index is 11.8. The lowest BCUT2D eigenvalue weighted by Crippen LogP contribution is -2.36. The van der Waals surface area contributed by atoms with Gasteiger partial charge >= 0.3 is 6.09 Å². The molecule has 2 heterocycles. The first-order chi connectivity index (χ1) is 10.7. The fourth-order valence-electron chi connectivity index (χ4n) is 2.64. The lowest BCUT2D eigenvalue weighted by molar-refractivity contribution is 0.0522. The Hall–Kier alpha value is -1.60. The van der Waals surface area contributed by atoms with E-state index in [2.05, 4.69) is 32.3 Å². The average Bonchev–Trinajstić information content (AvgIpc) is 2.91. The van der Waals surface area contributed by atoms with Crippen LogP contribution in [0.15, 0.2) is 5.38 Å². The summed E-state index contributed by atoms with van der Waals surface area (Å²) in [6.07, 6.45) is 0.589. The van der Waals surface area contributed by atoms with Gasteiger partial charge in [0.25, 0.3) is 0 Å². The van der Waals surface area contributed by atoms with Crippen molar-refractivity contribution in [1.29, 1.82) is 0 Å². The standard InChI is InChI=1S/C16H24N4O2S/c1-9-8-23-14-18-10(2)13(20(9)14)7-17-11-6-12(11)19-15(21)22-16(3,4)5/h8,11-12,17H,6-7H2,1-5H3,(H,19,21). The first-order valence-corrected chi connectivity index (χ1v) is 8.77. The van der Waals surface area contributed by atoms with E-state index < -0.39 is 5.60 Å². The second-order valence-corrected chi connectivity index (χ2v) is 7.95. The number of hydrogen-bond acceptors (Lipinski definition) is 5. The number of ether oxygens (including phenoxy) is 1. The zero-order chi connectivity index (χ0) is 16.8. The Labute approximate surface area is 140 Å². The van der Waals surface area contributed by atoms with E-state index in [4.69, 9.17) is 4.74 Å². The molecule has 126 valence electrons.